The summed E-state index contributed by atoms with van der Waals surface area (Å²) in [6, 6.07) is 0.461. The summed E-state index contributed by atoms with van der Waals surface area (Å²) in [6.07, 6.45) is 2.34. The average Bonchev–Trinajstić information content (AvgIpc) is 2.53. The van der Waals surface area contributed by atoms with Gasteiger partial charge in [0.1, 0.15) is 6.10 Å². The molecule has 0 aromatic carbocycles. The summed E-state index contributed by atoms with van der Waals surface area (Å²) in [5, 5.41) is 0. The van der Waals surface area contributed by atoms with Crippen molar-refractivity contribution in [1.29, 1.82) is 0 Å². The number of ether oxygens (including phenoxy) is 1. The number of rotatable bonds is 0. The Balaban J connectivity index is 1.99. The van der Waals surface area contributed by atoms with E-state index in [4.69, 9.17) is 4.74 Å². The summed E-state index contributed by atoms with van der Waals surface area (Å²) in [7, 11) is 0. The van der Waals surface area contributed by atoms with Gasteiger partial charge in [-0.25, -0.2) is 0 Å². The van der Waals surface area contributed by atoms with E-state index >= 15 is 0 Å². The summed E-state index contributed by atoms with van der Waals surface area (Å²) in [5.41, 5.74) is 0. The third-order valence-corrected chi connectivity index (χ3v) is 3.21. The highest BCUT2D eigenvalue weighted by Crippen LogP contribution is 2.40. The van der Waals surface area contributed by atoms with E-state index in [1.54, 1.807) is 0 Å². The van der Waals surface area contributed by atoms with Gasteiger partial charge in [-0.05, 0) is 19.4 Å². The van der Waals surface area contributed by atoms with Crippen molar-refractivity contribution in [3.05, 3.63) is 0 Å². The SMILES string of the molecule is O=C1O[C@@H]2CCN3CC[C@H]1[C@H]23. The molecule has 3 atom stereocenters. The Hall–Kier alpha value is -0.570. The lowest BCUT2D eigenvalue weighted by Gasteiger charge is -2.13. The van der Waals surface area contributed by atoms with Crippen molar-refractivity contribution in [2.45, 2.75) is 25.0 Å². The first-order valence-electron chi connectivity index (χ1n) is 4.31. The highest BCUT2D eigenvalue weighted by atomic mass is 16.6. The molecule has 0 radical (unpaired) electrons. The van der Waals surface area contributed by atoms with Crippen molar-refractivity contribution in [2.75, 3.05) is 13.1 Å². The van der Waals surface area contributed by atoms with E-state index in [0.717, 1.165) is 25.9 Å². The van der Waals surface area contributed by atoms with E-state index in [-0.39, 0.29) is 18.0 Å². The van der Waals surface area contributed by atoms with Gasteiger partial charge in [0.05, 0.1) is 12.0 Å². The van der Waals surface area contributed by atoms with Crippen LogP contribution in [0.4, 0.5) is 0 Å². The number of carbonyl (C=O) groups is 1. The van der Waals surface area contributed by atoms with Crippen LogP contribution in [-0.4, -0.2) is 36.1 Å². The third-order valence-electron chi connectivity index (χ3n) is 3.21. The van der Waals surface area contributed by atoms with Gasteiger partial charge in [0, 0.05) is 6.54 Å². The molecule has 3 aliphatic rings. The maximum atomic E-state index is 11.2. The van der Waals surface area contributed by atoms with Gasteiger partial charge in [0.25, 0.3) is 0 Å². The Morgan fingerprint density at radius 3 is 3.09 bits per heavy atom. The predicted molar refractivity (Wildman–Crippen MR) is 38.0 cm³/mol. The van der Waals surface area contributed by atoms with Crippen LogP contribution in [-0.2, 0) is 9.53 Å². The summed E-state index contributed by atoms with van der Waals surface area (Å²) in [4.78, 5) is 13.6. The molecule has 3 saturated heterocycles. The molecule has 0 saturated carbocycles. The maximum absolute atomic E-state index is 11.2. The molecule has 11 heavy (non-hydrogen) atoms. The molecule has 0 aliphatic carbocycles. The lowest BCUT2D eigenvalue weighted by atomic mass is 10.0. The molecule has 0 N–H and O–H groups in total. The Bertz CT molecular complexity index is 216. The second-order valence-corrected chi connectivity index (χ2v) is 3.69. The molecule has 60 valence electrons. The molecule has 3 heteroatoms. The third kappa shape index (κ3) is 0.601. The largest absolute Gasteiger partial charge is 0.460 e. The molecule has 3 aliphatic heterocycles. The zero-order valence-corrected chi connectivity index (χ0v) is 6.32. The van der Waals surface area contributed by atoms with Crippen LogP contribution >= 0.6 is 0 Å². The minimum atomic E-state index is 0.0576. The van der Waals surface area contributed by atoms with Crippen LogP contribution in [0.5, 0.6) is 0 Å². The van der Waals surface area contributed by atoms with E-state index in [2.05, 4.69) is 4.90 Å². The zero-order valence-electron chi connectivity index (χ0n) is 6.32. The van der Waals surface area contributed by atoms with E-state index in [0.29, 0.717) is 6.04 Å². The second kappa shape index (κ2) is 1.78. The van der Waals surface area contributed by atoms with E-state index in [1.165, 1.54) is 0 Å². The van der Waals surface area contributed by atoms with Gasteiger partial charge in [0.2, 0.25) is 0 Å². The normalized spacial score (nSPS) is 48.0. The van der Waals surface area contributed by atoms with Crippen molar-refractivity contribution in [3.8, 4) is 0 Å². The van der Waals surface area contributed by atoms with Crippen LogP contribution in [0.2, 0.25) is 0 Å². The van der Waals surface area contributed by atoms with Crippen molar-refractivity contribution < 1.29 is 9.53 Å². The minimum Gasteiger partial charge on any atom is -0.460 e. The summed E-state index contributed by atoms with van der Waals surface area (Å²) < 4.78 is 5.24. The van der Waals surface area contributed by atoms with Crippen LogP contribution in [0.25, 0.3) is 0 Å². The number of carbonyl (C=O) groups excluding carboxylic acids is 1. The number of hydrogen-bond donors (Lipinski definition) is 0. The zero-order chi connectivity index (χ0) is 7.42. The number of hydrogen-bond acceptors (Lipinski definition) is 3. The van der Waals surface area contributed by atoms with Crippen LogP contribution in [0.3, 0.4) is 0 Å². The van der Waals surface area contributed by atoms with E-state index < -0.39 is 0 Å². The van der Waals surface area contributed by atoms with Crippen LogP contribution < -0.4 is 0 Å². The molecule has 3 nitrogen and oxygen atoms in total. The fourth-order valence-corrected chi connectivity index (χ4v) is 2.72. The van der Waals surface area contributed by atoms with Gasteiger partial charge in [-0.3, -0.25) is 9.69 Å². The van der Waals surface area contributed by atoms with Crippen LogP contribution in [0.15, 0.2) is 0 Å². The molecule has 3 fully saturated rings. The highest BCUT2D eigenvalue weighted by molar-refractivity contribution is 5.76. The number of esters is 1. The minimum absolute atomic E-state index is 0.0576. The summed E-state index contributed by atoms with van der Waals surface area (Å²) >= 11 is 0. The van der Waals surface area contributed by atoms with Gasteiger partial charge >= 0.3 is 5.97 Å². The van der Waals surface area contributed by atoms with Gasteiger partial charge in [-0.15, -0.1) is 0 Å². The lowest BCUT2D eigenvalue weighted by molar-refractivity contribution is -0.144. The monoisotopic (exact) mass is 153 g/mol. The standard InChI is InChI=1S/C8H11NO2/c10-8-5-1-3-9-4-2-6(11-8)7(5)9/h5-7H,1-4H2/t5-,6+,7+/m0/s1. The van der Waals surface area contributed by atoms with Crippen molar-refractivity contribution in [3.63, 3.8) is 0 Å². The predicted octanol–water partition coefficient (Wildman–Crippen LogP) is 0.00600. The first-order valence-corrected chi connectivity index (χ1v) is 4.31. The summed E-state index contributed by atoms with van der Waals surface area (Å²) in [6.45, 7) is 2.25. The molecule has 3 rings (SSSR count). The molecule has 0 aromatic heterocycles. The Labute approximate surface area is 65.3 Å². The Kier molecular flexibility index (Phi) is 0.969. The van der Waals surface area contributed by atoms with Gasteiger partial charge in [0.15, 0.2) is 0 Å². The molecule has 0 unspecified atom stereocenters. The van der Waals surface area contributed by atoms with Crippen LogP contribution in [0.1, 0.15) is 12.8 Å². The van der Waals surface area contributed by atoms with Gasteiger partial charge < -0.3 is 4.74 Å². The Morgan fingerprint density at radius 1 is 1.36 bits per heavy atom. The first kappa shape index (κ1) is 6.00. The fourth-order valence-electron chi connectivity index (χ4n) is 2.72. The molecule has 0 bridgehead atoms. The second-order valence-electron chi connectivity index (χ2n) is 3.69. The van der Waals surface area contributed by atoms with Crippen molar-refractivity contribution in [2.24, 2.45) is 5.92 Å². The van der Waals surface area contributed by atoms with Crippen molar-refractivity contribution in [1.82, 2.24) is 4.90 Å². The quantitative estimate of drug-likeness (QED) is 0.459. The molecule has 0 aromatic rings. The van der Waals surface area contributed by atoms with Crippen molar-refractivity contribution >= 4 is 5.97 Å². The molecular weight excluding hydrogens is 142 g/mol. The topological polar surface area (TPSA) is 29.5 Å². The maximum Gasteiger partial charge on any atom is 0.311 e. The van der Waals surface area contributed by atoms with E-state index in [9.17, 15) is 4.79 Å². The molecule has 0 amide bonds. The van der Waals surface area contributed by atoms with Gasteiger partial charge in [-0.2, -0.15) is 0 Å². The Morgan fingerprint density at radius 2 is 2.18 bits per heavy atom. The molecule has 3 heterocycles. The van der Waals surface area contributed by atoms with Crippen LogP contribution in [0, 0.1) is 5.92 Å². The number of nitrogens with zero attached hydrogens (tertiary/aromatic N) is 1. The first-order chi connectivity index (χ1) is 5.36. The summed E-state index contributed by atoms with van der Waals surface area (Å²) in [5.74, 6) is 0.282. The smallest absolute Gasteiger partial charge is 0.311 e. The highest BCUT2D eigenvalue weighted by Gasteiger charge is 2.54. The molecule has 0 spiro atoms. The van der Waals surface area contributed by atoms with Gasteiger partial charge in [-0.1, -0.05) is 0 Å². The molecular formula is C8H11NO2. The van der Waals surface area contributed by atoms with E-state index in [1.807, 2.05) is 0 Å². The fraction of sp³-hybridized carbons (Fsp3) is 0.875. The lowest BCUT2D eigenvalue weighted by Crippen LogP contribution is -2.29. The average molecular weight is 153 g/mol.